The molecular weight excluding hydrogens is 328 g/mol. The molecule has 7 heteroatoms. The number of amides is 1. The Bertz CT molecular complexity index is 559. The largest absolute Gasteiger partial charge is 0.376 e. The second-order valence-corrected chi connectivity index (χ2v) is 9.95. The van der Waals surface area contributed by atoms with Crippen molar-refractivity contribution in [2.75, 3.05) is 31.2 Å². The van der Waals surface area contributed by atoms with Crippen molar-refractivity contribution in [1.29, 1.82) is 0 Å². The lowest BCUT2D eigenvalue weighted by atomic mass is 10.1. The van der Waals surface area contributed by atoms with Gasteiger partial charge in [-0.1, -0.05) is 12.8 Å². The van der Waals surface area contributed by atoms with Crippen LogP contribution in [-0.4, -0.2) is 79.6 Å². The molecule has 1 aliphatic carbocycles. The van der Waals surface area contributed by atoms with Gasteiger partial charge < -0.3 is 9.64 Å². The minimum Gasteiger partial charge on any atom is -0.376 e. The van der Waals surface area contributed by atoms with Gasteiger partial charge in [0.05, 0.1) is 30.8 Å². The maximum Gasteiger partial charge on any atom is 0.237 e. The maximum atomic E-state index is 13.1. The Morgan fingerprint density at radius 1 is 1.17 bits per heavy atom. The lowest BCUT2D eigenvalue weighted by Crippen LogP contribution is -2.55. The van der Waals surface area contributed by atoms with Crippen molar-refractivity contribution in [1.82, 2.24) is 9.80 Å². The fourth-order valence-corrected chi connectivity index (χ4v) is 6.04. The number of nitrogens with zero attached hydrogens (tertiary/aromatic N) is 2. The maximum absolute atomic E-state index is 13.1. The molecule has 3 unspecified atom stereocenters. The Balaban J connectivity index is 1.71. The molecule has 0 bridgehead atoms. The van der Waals surface area contributed by atoms with E-state index in [4.69, 9.17) is 4.74 Å². The normalized spacial score (nSPS) is 34.5. The molecule has 1 amide bonds. The fraction of sp³-hybridized carbons (Fsp3) is 0.941. The average Bonchev–Trinajstić information content (AvgIpc) is 3.13. The van der Waals surface area contributed by atoms with E-state index in [-0.39, 0.29) is 41.6 Å². The number of morpholine rings is 1. The van der Waals surface area contributed by atoms with E-state index in [1.807, 2.05) is 11.8 Å². The minimum absolute atomic E-state index is 0.102. The molecular formula is C17H30N2O4S. The molecule has 0 N–H and O–H groups in total. The molecule has 0 aromatic heterocycles. The number of carbonyl (C=O) groups excluding carboxylic acids is 1. The first-order valence-electron chi connectivity index (χ1n) is 9.23. The molecule has 138 valence electrons. The summed E-state index contributed by atoms with van der Waals surface area (Å²) in [4.78, 5) is 17.2. The van der Waals surface area contributed by atoms with Crippen LogP contribution in [0.5, 0.6) is 0 Å². The fourth-order valence-electron chi connectivity index (χ4n) is 4.33. The summed E-state index contributed by atoms with van der Waals surface area (Å²) in [5, 5.41) is 0. The molecule has 24 heavy (non-hydrogen) atoms. The molecule has 3 atom stereocenters. The van der Waals surface area contributed by atoms with Crippen LogP contribution >= 0.6 is 0 Å². The lowest BCUT2D eigenvalue weighted by Gasteiger charge is -2.40. The smallest absolute Gasteiger partial charge is 0.237 e. The van der Waals surface area contributed by atoms with Crippen molar-refractivity contribution < 1.29 is 17.9 Å². The molecule has 3 rings (SSSR count). The van der Waals surface area contributed by atoms with Crippen molar-refractivity contribution in [2.24, 2.45) is 0 Å². The van der Waals surface area contributed by atoms with Crippen LogP contribution in [0, 0.1) is 0 Å². The molecule has 2 saturated heterocycles. The zero-order valence-electron chi connectivity index (χ0n) is 14.8. The highest BCUT2D eigenvalue weighted by Gasteiger charge is 2.39. The number of hydrogen-bond acceptors (Lipinski definition) is 5. The Morgan fingerprint density at radius 2 is 1.88 bits per heavy atom. The van der Waals surface area contributed by atoms with Crippen molar-refractivity contribution in [3.05, 3.63) is 0 Å². The lowest BCUT2D eigenvalue weighted by molar-refractivity contribution is -0.140. The Labute approximate surface area is 145 Å². The first-order valence-corrected chi connectivity index (χ1v) is 11.0. The molecule has 1 saturated carbocycles. The summed E-state index contributed by atoms with van der Waals surface area (Å²) in [6.45, 7) is 5.90. The van der Waals surface area contributed by atoms with E-state index in [1.165, 1.54) is 0 Å². The van der Waals surface area contributed by atoms with E-state index >= 15 is 0 Å². The van der Waals surface area contributed by atoms with Gasteiger partial charge in [-0.05, 0) is 33.1 Å². The predicted molar refractivity (Wildman–Crippen MR) is 92.6 cm³/mol. The highest BCUT2D eigenvalue weighted by atomic mass is 32.2. The van der Waals surface area contributed by atoms with Gasteiger partial charge in [-0.25, -0.2) is 8.42 Å². The van der Waals surface area contributed by atoms with Gasteiger partial charge in [0.1, 0.15) is 0 Å². The summed E-state index contributed by atoms with van der Waals surface area (Å²) >= 11 is 0. The van der Waals surface area contributed by atoms with Gasteiger partial charge in [0.2, 0.25) is 5.91 Å². The van der Waals surface area contributed by atoms with Crippen LogP contribution in [0.4, 0.5) is 0 Å². The van der Waals surface area contributed by atoms with Gasteiger partial charge in [0, 0.05) is 24.7 Å². The van der Waals surface area contributed by atoms with Crippen molar-refractivity contribution >= 4 is 15.7 Å². The van der Waals surface area contributed by atoms with Crippen LogP contribution in [0.1, 0.15) is 46.0 Å². The number of sulfone groups is 1. The SMILES string of the molecule is CC1CN(CC(=O)N(C2CCCC2)C2CCS(=O)(=O)C2)C(C)CO1. The Morgan fingerprint density at radius 3 is 2.50 bits per heavy atom. The topological polar surface area (TPSA) is 66.9 Å². The quantitative estimate of drug-likeness (QED) is 0.752. The highest BCUT2D eigenvalue weighted by molar-refractivity contribution is 7.91. The molecule has 0 aromatic carbocycles. The van der Waals surface area contributed by atoms with Crippen molar-refractivity contribution in [2.45, 2.75) is 70.2 Å². The average molecular weight is 359 g/mol. The zero-order valence-corrected chi connectivity index (χ0v) is 15.6. The van der Waals surface area contributed by atoms with Crippen LogP contribution in [0.15, 0.2) is 0 Å². The van der Waals surface area contributed by atoms with E-state index in [9.17, 15) is 13.2 Å². The molecule has 3 fully saturated rings. The third-order valence-corrected chi connectivity index (χ3v) is 7.43. The van der Waals surface area contributed by atoms with Crippen LogP contribution in [0.3, 0.4) is 0 Å². The van der Waals surface area contributed by atoms with Gasteiger partial charge >= 0.3 is 0 Å². The van der Waals surface area contributed by atoms with Crippen LogP contribution in [0.25, 0.3) is 0 Å². The summed E-state index contributed by atoms with van der Waals surface area (Å²) in [6.07, 6.45) is 5.03. The van der Waals surface area contributed by atoms with Gasteiger partial charge in [-0.15, -0.1) is 0 Å². The minimum atomic E-state index is -2.98. The second-order valence-electron chi connectivity index (χ2n) is 7.72. The molecule has 2 aliphatic heterocycles. The Kier molecular flexibility index (Phi) is 5.52. The van der Waals surface area contributed by atoms with Gasteiger partial charge in [0.25, 0.3) is 0 Å². The van der Waals surface area contributed by atoms with Gasteiger partial charge in [0.15, 0.2) is 9.84 Å². The standard InChI is InChI=1S/C17H30N2O4S/c1-13-11-23-14(2)9-18(13)10-17(20)19(15-5-3-4-6-15)16-7-8-24(21,22)12-16/h13-16H,3-12H2,1-2H3. The second kappa shape index (κ2) is 7.30. The van der Waals surface area contributed by atoms with Crippen LogP contribution < -0.4 is 0 Å². The van der Waals surface area contributed by atoms with Crippen LogP contribution in [-0.2, 0) is 19.4 Å². The summed E-state index contributed by atoms with van der Waals surface area (Å²) in [7, 11) is -2.98. The predicted octanol–water partition coefficient (Wildman–Crippen LogP) is 1.05. The summed E-state index contributed by atoms with van der Waals surface area (Å²) in [5.74, 6) is 0.466. The third-order valence-electron chi connectivity index (χ3n) is 5.68. The van der Waals surface area contributed by atoms with E-state index in [0.29, 0.717) is 19.6 Å². The molecule has 0 spiro atoms. The third kappa shape index (κ3) is 4.11. The number of rotatable bonds is 4. The van der Waals surface area contributed by atoms with Crippen LogP contribution in [0.2, 0.25) is 0 Å². The molecule has 0 radical (unpaired) electrons. The molecule has 3 aliphatic rings. The van der Waals surface area contributed by atoms with E-state index in [2.05, 4.69) is 11.8 Å². The van der Waals surface area contributed by atoms with E-state index < -0.39 is 9.84 Å². The van der Waals surface area contributed by atoms with E-state index in [0.717, 1.165) is 32.2 Å². The zero-order chi connectivity index (χ0) is 17.3. The number of hydrogen-bond donors (Lipinski definition) is 0. The summed E-state index contributed by atoms with van der Waals surface area (Å²) < 4.78 is 29.4. The Hall–Kier alpha value is -0.660. The van der Waals surface area contributed by atoms with Gasteiger partial charge in [-0.2, -0.15) is 0 Å². The number of carbonyl (C=O) groups is 1. The summed E-state index contributed by atoms with van der Waals surface area (Å²) in [5.41, 5.74) is 0. The van der Waals surface area contributed by atoms with Crippen molar-refractivity contribution in [3.63, 3.8) is 0 Å². The first-order chi connectivity index (χ1) is 11.4. The van der Waals surface area contributed by atoms with E-state index in [1.54, 1.807) is 0 Å². The molecule has 6 nitrogen and oxygen atoms in total. The molecule has 0 aromatic rings. The monoisotopic (exact) mass is 358 g/mol. The first kappa shape index (κ1) is 18.1. The van der Waals surface area contributed by atoms with Crippen molar-refractivity contribution in [3.8, 4) is 0 Å². The van der Waals surface area contributed by atoms with Gasteiger partial charge in [-0.3, -0.25) is 9.69 Å². The molecule has 2 heterocycles. The number of ether oxygens (including phenoxy) is 1. The summed E-state index contributed by atoms with van der Waals surface area (Å²) in [6, 6.07) is 0.326. The highest BCUT2D eigenvalue weighted by Crippen LogP contribution is 2.29.